The third-order valence-electron chi connectivity index (χ3n) is 14.9. The van der Waals surface area contributed by atoms with E-state index in [2.05, 4.69) is 93.7 Å². The summed E-state index contributed by atoms with van der Waals surface area (Å²) >= 11 is 0. The number of carbonyl (C=O) groups excluding carboxylic acids is 3. The van der Waals surface area contributed by atoms with Crippen LogP contribution in [0.5, 0.6) is 0 Å². The highest BCUT2D eigenvalue weighted by molar-refractivity contribution is 5.71. The Kier molecular flexibility index (Phi) is 63.7. The molecule has 0 aromatic carbocycles. The number of hydrogen-bond acceptors (Lipinski definition) is 6. The van der Waals surface area contributed by atoms with Crippen molar-refractivity contribution >= 4 is 17.9 Å². The van der Waals surface area contributed by atoms with E-state index >= 15 is 0 Å². The molecule has 0 saturated carbocycles. The van der Waals surface area contributed by atoms with Crippen LogP contribution in [-0.4, -0.2) is 37.2 Å². The highest BCUT2D eigenvalue weighted by Crippen LogP contribution is 2.17. The minimum absolute atomic E-state index is 0.0802. The number of allylic oxidation sites excluding steroid dienone is 12. The minimum Gasteiger partial charge on any atom is -0.462 e. The number of esters is 3. The molecule has 0 aliphatic rings. The van der Waals surface area contributed by atoms with Gasteiger partial charge < -0.3 is 14.2 Å². The van der Waals surface area contributed by atoms with Crippen molar-refractivity contribution in [2.45, 2.75) is 354 Å². The molecule has 0 rings (SSSR count). The van der Waals surface area contributed by atoms with Crippen molar-refractivity contribution in [1.29, 1.82) is 0 Å². The van der Waals surface area contributed by atoms with Crippen LogP contribution in [0, 0.1) is 0 Å². The summed E-state index contributed by atoms with van der Waals surface area (Å²) in [6.45, 7) is 6.57. The SMILES string of the molecule is CCC/C=C\C/C=C\CCCCCCCC(=O)OCC(COC(=O)CCCCCCCCCCCCCCCCCCCC/C=C\C/C=C\C/C=C\CCCCCCC)OC(=O)CCCCCCC/C=C\CCCCCCC. The molecule has 0 saturated heterocycles. The Balaban J connectivity index is 4.12. The average molecular weight is 1090 g/mol. The maximum Gasteiger partial charge on any atom is 0.306 e. The summed E-state index contributed by atoms with van der Waals surface area (Å²) in [7, 11) is 0. The molecule has 0 fully saturated rings. The van der Waals surface area contributed by atoms with E-state index < -0.39 is 6.10 Å². The predicted molar refractivity (Wildman–Crippen MR) is 339 cm³/mol. The Bertz CT molecular complexity index is 1440. The molecule has 0 aromatic rings. The fourth-order valence-electron chi connectivity index (χ4n) is 9.78. The topological polar surface area (TPSA) is 78.9 Å². The largest absolute Gasteiger partial charge is 0.462 e. The quantitative estimate of drug-likeness (QED) is 0.0261. The number of unbranched alkanes of at least 4 members (excludes halogenated alkanes) is 39. The summed E-state index contributed by atoms with van der Waals surface area (Å²) in [6.07, 6.45) is 86.5. The molecule has 0 heterocycles. The van der Waals surface area contributed by atoms with Gasteiger partial charge in [-0.15, -0.1) is 0 Å². The van der Waals surface area contributed by atoms with E-state index in [1.54, 1.807) is 0 Å². The van der Waals surface area contributed by atoms with Crippen LogP contribution in [0.3, 0.4) is 0 Å². The first-order valence-corrected chi connectivity index (χ1v) is 33.9. The Morgan fingerprint density at radius 3 is 0.782 bits per heavy atom. The molecular formula is C72H128O6. The molecule has 0 aliphatic heterocycles. The lowest BCUT2D eigenvalue weighted by atomic mass is 10.0. The highest BCUT2D eigenvalue weighted by atomic mass is 16.6. The van der Waals surface area contributed by atoms with Gasteiger partial charge in [-0.2, -0.15) is 0 Å². The third-order valence-corrected chi connectivity index (χ3v) is 14.9. The van der Waals surface area contributed by atoms with Gasteiger partial charge in [0, 0.05) is 19.3 Å². The van der Waals surface area contributed by atoms with Crippen molar-refractivity contribution in [2.24, 2.45) is 0 Å². The van der Waals surface area contributed by atoms with Gasteiger partial charge in [-0.25, -0.2) is 0 Å². The van der Waals surface area contributed by atoms with Crippen molar-refractivity contribution in [3.63, 3.8) is 0 Å². The molecule has 0 radical (unpaired) electrons. The number of ether oxygens (including phenoxy) is 3. The first-order valence-electron chi connectivity index (χ1n) is 33.9. The van der Waals surface area contributed by atoms with E-state index in [-0.39, 0.29) is 31.1 Å². The molecule has 452 valence electrons. The first-order chi connectivity index (χ1) is 38.5. The molecule has 1 unspecified atom stereocenters. The average Bonchev–Trinajstić information content (AvgIpc) is 3.44. The lowest BCUT2D eigenvalue weighted by Crippen LogP contribution is -2.30. The molecule has 0 spiro atoms. The van der Waals surface area contributed by atoms with Gasteiger partial charge in [-0.1, -0.05) is 293 Å². The second-order valence-electron chi connectivity index (χ2n) is 22.7. The molecule has 0 N–H and O–H groups in total. The van der Waals surface area contributed by atoms with Crippen LogP contribution < -0.4 is 0 Å². The van der Waals surface area contributed by atoms with Crippen molar-refractivity contribution in [3.05, 3.63) is 72.9 Å². The molecule has 78 heavy (non-hydrogen) atoms. The van der Waals surface area contributed by atoms with Crippen LogP contribution in [-0.2, 0) is 28.6 Å². The number of rotatable bonds is 62. The standard InChI is InChI=1S/C72H128O6/c1-4-7-10-13-16-19-22-25-27-28-29-30-31-32-33-34-35-36-37-38-39-40-41-42-43-44-45-48-50-53-56-59-62-65-71(74)77-68-69(67-76-70(73)64-61-58-55-52-49-46-24-21-18-15-12-9-6-3)78-72(75)66-63-60-57-54-51-47-26-23-20-17-14-11-8-5-2/h12,15,21-26,28-29,31-32,69H,4-11,13-14,16-20,27,30,33-68H2,1-3H3/b15-12-,24-21-,25-22-,26-23-,29-28-,32-31-. The minimum atomic E-state index is -0.784. The van der Waals surface area contributed by atoms with Gasteiger partial charge in [-0.3, -0.25) is 14.4 Å². The molecule has 0 bridgehead atoms. The van der Waals surface area contributed by atoms with E-state index in [9.17, 15) is 14.4 Å². The van der Waals surface area contributed by atoms with Crippen LogP contribution in [0.2, 0.25) is 0 Å². The maximum absolute atomic E-state index is 12.9. The van der Waals surface area contributed by atoms with Crippen LogP contribution in [0.1, 0.15) is 348 Å². The summed E-state index contributed by atoms with van der Waals surface area (Å²) < 4.78 is 16.9. The zero-order valence-corrected chi connectivity index (χ0v) is 51.9. The molecule has 0 aliphatic carbocycles. The van der Waals surface area contributed by atoms with Gasteiger partial charge in [-0.05, 0) is 109 Å². The molecule has 6 heteroatoms. The predicted octanol–water partition coefficient (Wildman–Crippen LogP) is 23.3. The molecule has 1 atom stereocenters. The third kappa shape index (κ3) is 63.7. The Morgan fingerprint density at radius 1 is 0.256 bits per heavy atom. The number of hydrogen-bond donors (Lipinski definition) is 0. The van der Waals surface area contributed by atoms with E-state index in [1.165, 1.54) is 199 Å². The molecule has 0 aromatic heterocycles. The summed E-state index contributed by atoms with van der Waals surface area (Å²) in [4.78, 5) is 38.3. The maximum atomic E-state index is 12.9. The summed E-state index contributed by atoms with van der Waals surface area (Å²) in [5.74, 6) is -0.889. The van der Waals surface area contributed by atoms with Gasteiger partial charge in [0.25, 0.3) is 0 Å². The zero-order chi connectivity index (χ0) is 56.4. The van der Waals surface area contributed by atoms with Crippen molar-refractivity contribution in [1.82, 2.24) is 0 Å². The van der Waals surface area contributed by atoms with Gasteiger partial charge in [0.05, 0.1) is 0 Å². The van der Waals surface area contributed by atoms with Crippen LogP contribution in [0.25, 0.3) is 0 Å². The van der Waals surface area contributed by atoms with Crippen LogP contribution in [0.15, 0.2) is 72.9 Å². The second-order valence-corrected chi connectivity index (χ2v) is 22.7. The Labute approximate surface area is 484 Å². The van der Waals surface area contributed by atoms with Gasteiger partial charge >= 0.3 is 17.9 Å². The Morgan fingerprint density at radius 2 is 0.487 bits per heavy atom. The van der Waals surface area contributed by atoms with Crippen LogP contribution >= 0.6 is 0 Å². The van der Waals surface area contributed by atoms with Crippen molar-refractivity contribution < 1.29 is 28.6 Å². The lowest BCUT2D eigenvalue weighted by Gasteiger charge is -2.18. The van der Waals surface area contributed by atoms with E-state index in [1.807, 2.05) is 0 Å². The van der Waals surface area contributed by atoms with E-state index in [4.69, 9.17) is 14.2 Å². The van der Waals surface area contributed by atoms with Crippen LogP contribution in [0.4, 0.5) is 0 Å². The van der Waals surface area contributed by atoms with Crippen molar-refractivity contribution in [3.8, 4) is 0 Å². The Hall–Kier alpha value is -3.15. The molecule has 6 nitrogen and oxygen atoms in total. The lowest BCUT2D eigenvalue weighted by molar-refractivity contribution is -0.167. The summed E-state index contributed by atoms with van der Waals surface area (Å²) in [5, 5.41) is 0. The molecule has 0 amide bonds. The first kappa shape index (κ1) is 74.8. The fraction of sp³-hybridized carbons (Fsp3) is 0.792. The van der Waals surface area contributed by atoms with Gasteiger partial charge in [0.2, 0.25) is 0 Å². The summed E-state index contributed by atoms with van der Waals surface area (Å²) in [6, 6.07) is 0. The highest BCUT2D eigenvalue weighted by Gasteiger charge is 2.19. The fourth-order valence-corrected chi connectivity index (χ4v) is 9.78. The van der Waals surface area contributed by atoms with Crippen molar-refractivity contribution in [2.75, 3.05) is 13.2 Å². The smallest absolute Gasteiger partial charge is 0.306 e. The van der Waals surface area contributed by atoms with Gasteiger partial charge in [0.1, 0.15) is 13.2 Å². The normalized spacial score (nSPS) is 12.5. The van der Waals surface area contributed by atoms with E-state index in [0.29, 0.717) is 19.3 Å². The second kappa shape index (κ2) is 66.4. The van der Waals surface area contributed by atoms with E-state index in [0.717, 1.165) is 109 Å². The van der Waals surface area contributed by atoms with Gasteiger partial charge in [0.15, 0.2) is 6.10 Å². The summed E-state index contributed by atoms with van der Waals surface area (Å²) in [5.41, 5.74) is 0. The monoisotopic (exact) mass is 1090 g/mol. The number of carbonyl (C=O) groups is 3. The molecular weight excluding hydrogens is 961 g/mol. The zero-order valence-electron chi connectivity index (χ0n) is 51.9.